The summed E-state index contributed by atoms with van der Waals surface area (Å²) < 4.78 is 5.15. The van der Waals surface area contributed by atoms with E-state index in [2.05, 4.69) is 10.6 Å². The second-order valence-corrected chi connectivity index (χ2v) is 7.29. The number of carbonyl (C=O) groups excluding carboxylic acids is 2. The lowest BCUT2D eigenvalue weighted by molar-refractivity contribution is -0.128. The van der Waals surface area contributed by atoms with Gasteiger partial charge in [-0.25, -0.2) is 0 Å². The van der Waals surface area contributed by atoms with Crippen LogP contribution in [0.5, 0.6) is 5.75 Å². The van der Waals surface area contributed by atoms with E-state index in [0.717, 1.165) is 43.5 Å². The molecule has 5 nitrogen and oxygen atoms in total. The fourth-order valence-electron chi connectivity index (χ4n) is 3.65. The van der Waals surface area contributed by atoms with Crippen LogP contribution in [-0.4, -0.2) is 25.5 Å². The Morgan fingerprint density at radius 3 is 2.11 bits per heavy atom. The van der Waals surface area contributed by atoms with Gasteiger partial charge in [-0.15, -0.1) is 0 Å². The van der Waals surface area contributed by atoms with Crippen molar-refractivity contribution in [2.24, 2.45) is 11.8 Å². The van der Waals surface area contributed by atoms with Crippen molar-refractivity contribution in [2.45, 2.75) is 32.1 Å². The molecule has 2 aromatic carbocycles. The predicted octanol–water partition coefficient (Wildman–Crippen LogP) is 3.80. The Kier molecular flexibility index (Phi) is 7.06. The minimum atomic E-state index is -0.0106. The molecule has 1 aliphatic rings. The molecule has 148 valence electrons. The van der Waals surface area contributed by atoms with Crippen molar-refractivity contribution >= 4 is 17.5 Å². The monoisotopic (exact) mass is 380 g/mol. The largest absolute Gasteiger partial charge is 0.497 e. The maximum atomic E-state index is 12.4. The average molecular weight is 380 g/mol. The molecular formula is C23H28N2O3. The van der Waals surface area contributed by atoms with E-state index in [9.17, 15) is 9.59 Å². The minimum Gasteiger partial charge on any atom is -0.497 e. The summed E-state index contributed by atoms with van der Waals surface area (Å²) in [6.45, 7) is 0.625. The molecule has 0 spiro atoms. The second-order valence-electron chi connectivity index (χ2n) is 7.29. The van der Waals surface area contributed by atoms with Gasteiger partial charge in [-0.3, -0.25) is 9.59 Å². The van der Waals surface area contributed by atoms with Crippen LogP contribution >= 0.6 is 0 Å². The third kappa shape index (κ3) is 5.59. The van der Waals surface area contributed by atoms with Gasteiger partial charge in [0, 0.05) is 24.1 Å². The number of methoxy groups -OCH3 is 1. The van der Waals surface area contributed by atoms with Gasteiger partial charge in [0.1, 0.15) is 5.75 Å². The van der Waals surface area contributed by atoms with E-state index in [1.165, 1.54) is 5.56 Å². The van der Waals surface area contributed by atoms with Gasteiger partial charge in [-0.05, 0) is 61.9 Å². The zero-order chi connectivity index (χ0) is 19.8. The van der Waals surface area contributed by atoms with Gasteiger partial charge >= 0.3 is 0 Å². The van der Waals surface area contributed by atoms with Crippen molar-refractivity contribution in [3.05, 3.63) is 60.2 Å². The lowest BCUT2D eigenvalue weighted by Crippen LogP contribution is -2.36. The number of carbonyl (C=O) groups is 2. The Morgan fingerprint density at radius 2 is 1.50 bits per heavy atom. The summed E-state index contributed by atoms with van der Waals surface area (Å²) in [6, 6.07) is 17.4. The van der Waals surface area contributed by atoms with Crippen molar-refractivity contribution in [3.8, 4) is 5.75 Å². The third-order valence-corrected chi connectivity index (χ3v) is 5.38. The fraction of sp³-hybridized carbons (Fsp3) is 0.391. The Balaban J connectivity index is 1.37. The number of nitrogens with one attached hydrogen (secondary N) is 2. The quantitative estimate of drug-likeness (QED) is 0.768. The number of benzene rings is 2. The van der Waals surface area contributed by atoms with E-state index in [-0.39, 0.29) is 23.7 Å². The topological polar surface area (TPSA) is 67.4 Å². The van der Waals surface area contributed by atoms with Crippen LogP contribution in [0, 0.1) is 11.8 Å². The van der Waals surface area contributed by atoms with Crippen molar-refractivity contribution in [2.75, 3.05) is 19.0 Å². The standard InChI is InChI=1S/C23H28N2O3/c1-28-21-13-7-17(8-14-21)15-16-24-22(26)18-9-11-19(12-10-18)23(27)25-20-5-3-2-4-6-20/h2-8,13-14,18-19H,9-12,15-16H2,1H3,(H,24,26)(H,25,27). The van der Waals surface area contributed by atoms with Gasteiger partial charge in [-0.1, -0.05) is 30.3 Å². The first-order valence-corrected chi connectivity index (χ1v) is 9.92. The highest BCUT2D eigenvalue weighted by molar-refractivity contribution is 5.92. The Hall–Kier alpha value is -2.82. The number of ether oxygens (including phenoxy) is 1. The number of hydrogen-bond donors (Lipinski definition) is 2. The van der Waals surface area contributed by atoms with Gasteiger partial charge in [0.15, 0.2) is 0 Å². The Morgan fingerprint density at radius 1 is 0.893 bits per heavy atom. The van der Waals surface area contributed by atoms with Gasteiger partial charge in [0.05, 0.1) is 7.11 Å². The number of para-hydroxylation sites is 1. The summed E-state index contributed by atoms with van der Waals surface area (Å²) in [5.74, 6) is 1.00. The minimum absolute atomic E-state index is 0.0106. The van der Waals surface area contributed by atoms with Crippen LogP contribution in [0.4, 0.5) is 5.69 Å². The summed E-state index contributed by atoms with van der Waals surface area (Å²) in [6.07, 6.45) is 3.84. The Labute approximate surface area is 166 Å². The van der Waals surface area contributed by atoms with Crippen LogP contribution in [0.2, 0.25) is 0 Å². The lowest BCUT2D eigenvalue weighted by atomic mass is 9.81. The van der Waals surface area contributed by atoms with E-state index in [0.29, 0.717) is 6.54 Å². The van der Waals surface area contributed by atoms with Crippen molar-refractivity contribution < 1.29 is 14.3 Å². The smallest absolute Gasteiger partial charge is 0.227 e. The predicted molar refractivity (Wildman–Crippen MR) is 110 cm³/mol. The first-order chi connectivity index (χ1) is 13.7. The summed E-state index contributed by atoms with van der Waals surface area (Å²) in [5, 5.41) is 6.01. The highest BCUT2D eigenvalue weighted by Crippen LogP contribution is 2.29. The first kappa shape index (κ1) is 19.9. The molecule has 2 amide bonds. The molecule has 0 bridgehead atoms. The van der Waals surface area contributed by atoms with Gasteiger partial charge in [0.2, 0.25) is 11.8 Å². The van der Waals surface area contributed by atoms with E-state index >= 15 is 0 Å². The zero-order valence-corrected chi connectivity index (χ0v) is 16.3. The average Bonchev–Trinajstić information content (AvgIpc) is 2.75. The molecule has 2 N–H and O–H groups in total. The SMILES string of the molecule is COc1ccc(CCNC(=O)C2CCC(C(=O)Nc3ccccc3)CC2)cc1. The third-order valence-electron chi connectivity index (χ3n) is 5.38. The van der Waals surface area contributed by atoms with Crippen LogP contribution in [0.1, 0.15) is 31.2 Å². The fourth-order valence-corrected chi connectivity index (χ4v) is 3.65. The van der Waals surface area contributed by atoms with Crippen LogP contribution in [0.25, 0.3) is 0 Å². The molecule has 1 fully saturated rings. The highest BCUT2D eigenvalue weighted by atomic mass is 16.5. The molecular weight excluding hydrogens is 352 g/mol. The molecule has 0 saturated heterocycles. The second kappa shape index (κ2) is 9.93. The van der Waals surface area contributed by atoms with E-state index < -0.39 is 0 Å². The maximum absolute atomic E-state index is 12.4. The van der Waals surface area contributed by atoms with Crippen LogP contribution in [0.3, 0.4) is 0 Å². The maximum Gasteiger partial charge on any atom is 0.227 e. The molecule has 0 aliphatic heterocycles. The summed E-state index contributed by atoms with van der Waals surface area (Å²) in [7, 11) is 1.65. The molecule has 0 aromatic heterocycles. The van der Waals surface area contributed by atoms with Gasteiger partial charge in [0.25, 0.3) is 0 Å². The van der Waals surface area contributed by atoms with Crippen molar-refractivity contribution in [3.63, 3.8) is 0 Å². The van der Waals surface area contributed by atoms with Crippen molar-refractivity contribution in [1.82, 2.24) is 5.32 Å². The molecule has 0 radical (unpaired) electrons. The summed E-state index contributed by atoms with van der Waals surface area (Å²) >= 11 is 0. The van der Waals surface area contributed by atoms with E-state index in [4.69, 9.17) is 4.74 Å². The molecule has 0 unspecified atom stereocenters. The number of hydrogen-bond acceptors (Lipinski definition) is 3. The first-order valence-electron chi connectivity index (χ1n) is 9.92. The van der Waals surface area contributed by atoms with Gasteiger partial charge < -0.3 is 15.4 Å². The number of rotatable bonds is 7. The van der Waals surface area contributed by atoms with Crippen LogP contribution < -0.4 is 15.4 Å². The summed E-state index contributed by atoms with van der Waals surface area (Å²) in [5.41, 5.74) is 1.99. The zero-order valence-electron chi connectivity index (χ0n) is 16.3. The number of amides is 2. The molecule has 1 aliphatic carbocycles. The number of anilines is 1. The Bertz CT molecular complexity index is 766. The highest BCUT2D eigenvalue weighted by Gasteiger charge is 2.29. The molecule has 0 heterocycles. The summed E-state index contributed by atoms with van der Waals surface area (Å²) in [4.78, 5) is 24.8. The molecule has 1 saturated carbocycles. The molecule has 2 aromatic rings. The molecule has 0 atom stereocenters. The molecule has 5 heteroatoms. The molecule has 28 heavy (non-hydrogen) atoms. The normalized spacial score (nSPS) is 18.9. The van der Waals surface area contributed by atoms with Crippen LogP contribution in [-0.2, 0) is 16.0 Å². The van der Waals surface area contributed by atoms with E-state index in [1.807, 2.05) is 54.6 Å². The van der Waals surface area contributed by atoms with Crippen LogP contribution in [0.15, 0.2) is 54.6 Å². The van der Waals surface area contributed by atoms with E-state index in [1.54, 1.807) is 7.11 Å². The van der Waals surface area contributed by atoms with Gasteiger partial charge in [-0.2, -0.15) is 0 Å². The lowest BCUT2D eigenvalue weighted by Gasteiger charge is -2.27. The van der Waals surface area contributed by atoms with Crippen molar-refractivity contribution in [1.29, 1.82) is 0 Å². The molecule has 3 rings (SSSR count).